The van der Waals surface area contributed by atoms with Crippen molar-refractivity contribution in [1.82, 2.24) is 0 Å². The number of amidine groups is 1. The minimum absolute atomic E-state index is 0.00841. The number of fused-ring (bicyclic) bond motifs is 1. The van der Waals surface area contributed by atoms with Gasteiger partial charge in [0, 0.05) is 15.8 Å². The molecule has 0 fully saturated rings. The fourth-order valence-corrected chi connectivity index (χ4v) is 4.49. The van der Waals surface area contributed by atoms with Gasteiger partial charge in [-0.15, -0.1) is 11.3 Å². The normalized spacial score (nSPS) is 11.7. The number of carbonyl (C=O) groups excluding carboxylic acids is 1. The predicted octanol–water partition coefficient (Wildman–Crippen LogP) is 5.35. The minimum Gasteiger partial charge on any atom is -0.481 e. The van der Waals surface area contributed by atoms with E-state index in [1.54, 1.807) is 12.1 Å². The van der Waals surface area contributed by atoms with Crippen LogP contribution in [0, 0.1) is 12.3 Å². The van der Waals surface area contributed by atoms with Gasteiger partial charge in [0.2, 0.25) is 0 Å². The summed E-state index contributed by atoms with van der Waals surface area (Å²) in [6, 6.07) is 22.3. The molecule has 0 bridgehead atoms. The van der Waals surface area contributed by atoms with Crippen molar-refractivity contribution in [1.29, 1.82) is 5.41 Å². The molecule has 3 aromatic carbocycles. The molecule has 174 valence electrons. The molecule has 4 aromatic rings. The highest BCUT2D eigenvalue weighted by Crippen LogP contribution is 2.35. The zero-order valence-corrected chi connectivity index (χ0v) is 19.4. The molecular formula is C26H25N3O4S. The van der Waals surface area contributed by atoms with E-state index >= 15 is 0 Å². The summed E-state index contributed by atoms with van der Waals surface area (Å²) >= 11 is 1.43. The van der Waals surface area contributed by atoms with Crippen molar-refractivity contribution in [2.75, 3.05) is 11.9 Å². The Kier molecular flexibility index (Phi) is 7.10. The van der Waals surface area contributed by atoms with E-state index in [0.29, 0.717) is 16.3 Å². The van der Waals surface area contributed by atoms with Crippen LogP contribution in [-0.2, 0) is 11.3 Å². The van der Waals surface area contributed by atoms with E-state index < -0.39 is 12.2 Å². The molecule has 4 rings (SSSR count). The van der Waals surface area contributed by atoms with E-state index in [1.165, 1.54) is 11.3 Å². The summed E-state index contributed by atoms with van der Waals surface area (Å²) in [5.74, 6) is 0.628. The van der Waals surface area contributed by atoms with Crippen LogP contribution in [0.2, 0.25) is 0 Å². The van der Waals surface area contributed by atoms with Gasteiger partial charge in [-0.2, -0.15) is 0 Å². The predicted molar refractivity (Wildman–Crippen MR) is 135 cm³/mol. The number of aliphatic hydroxyl groups excluding tert-OH is 1. The molecule has 34 heavy (non-hydrogen) atoms. The molecule has 1 atom stereocenters. The summed E-state index contributed by atoms with van der Waals surface area (Å²) < 4.78 is 12.8. The van der Waals surface area contributed by atoms with Crippen LogP contribution in [0.15, 0.2) is 72.8 Å². The molecule has 0 radical (unpaired) electrons. The maximum atomic E-state index is 12.5. The Balaban J connectivity index is 1.52. The molecule has 0 spiro atoms. The molecule has 0 aliphatic rings. The van der Waals surface area contributed by atoms with Crippen molar-refractivity contribution < 1.29 is 19.4 Å². The Labute approximate surface area is 201 Å². The van der Waals surface area contributed by atoms with Gasteiger partial charge in [-0.3, -0.25) is 10.7 Å². The van der Waals surface area contributed by atoms with Gasteiger partial charge >= 0.3 is 6.09 Å². The lowest BCUT2D eigenvalue weighted by atomic mass is 10.1. The number of carbonyl (C=O) groups is 1. The number of aryl methyl sites for hydroxylation is 1. The second kappa shape index (κ2) is 10.4. The van der Waals surface area contributed by atoms with Crippen LogP contribution in [0.4, 0.5) is 10.5 Å². The molecule has 0 saturated heterocycles. The lowest BCUT2D eigenvalue weighted by molar-refractivity contribution is 0.0910. The molecule has 1 amide bonds. The van der Waals surface area contributed by atoms with Crippen molar-refractivity contribution in [3.8, 4) is 5.75 Å². The van der Waals surface area contributed by atoms with E-state index in [1.807, 2.05) is 67.6 Å². The first kappa shape index (κ1) is 23.3. The summed E-state index contributed by atoms with van der Waals surface area (Å²) in [6.07, 6.45) is -1.15. The highest BCUT2D eigenvalue weighted by molar-refractivity contribution is 7.20. The maximum absolute atomic E-state index is 12.5. The largest absolute Gasteiger partial charge is 0.481 e. The highest BCUT2D eigenvalue weighted by Gasteiger charge is 2.19. The Bertz CT molecular complexity index is 1320. The Morgan fingerprint density at radius 3 is 2.62 bits per heavy atom. The molecule has 0 aliphatic carbocycles. The number of benzene rings is 3. The Morgan fingerprint density at radius 1 is 1.12 bits per heavy atom. The average Bonchev–Trinajstić information content (AvgIpc) is 3.29. The lowest BCUT2D eigenvalue weighted by Gasteiger charge is -2.20. The molecule has 7 nitrogen and oxygen atoms in total. The molecular weight excluding hydrogens is 450 g/mol. The van der Waals surface area contributed by atoms with Gasteiger partial charge in [-0.1, -0.05) is 48.5 Å². The number of ether oxygens (including phenoxy) is 2. The van der Waals surface area contributed by atoms with E-state index in [2.05, 4.69) is 5.32 Å². The third-order valence-corrected chi connectivity index (χ3v) is 6.44. The number of aliphatic hydroxyl groups is 1. The summed E-state index contributed by atoms with van der Waals surface area (Å²) in [5.41, 5.74) is 8.73. The smallest absolute Gasteiger partial charge is 0.411 e. The van der Waals surface area contributed by atoms with Crippen LogP contribution in [0.3, 0.4) is 0 Å². The quantitative estimate of drug-likeness (QED) is 0.202. The first-order valence-corrected chi connectivity index (χ1v) is 11.5. The zero-order chi connectivity index (χ0) is 24.1. The lowest BCUT2D eigenvalue weighted by Crippen LogP contribution is -2.21. The van der Waals surface area contributed by atoms with Crippen LogP contribution in [0.1, 0.15) is 27.7 Å². The number of rotatable bonds is 8. The number of anilines is 1. The van der Waals surface area contributed by atoms with E-state index in [9.17, 15) is 9.90 Å². The number of nitrogens with one attached hydrogen (secondary N) is 2. The van der Waals surface area contributed by atoms with E-state index in [4.69, 9.17) is 20.6 Å². The van der Waals surface area contributed by atoms with Gasteiger partial charge < -0.3 is 20.3 Å². The molecule has 0 aliphatic heterocycles. The van der Waals surface area contributed by atoms with Gasteiger partial charge in [0.1, 0.15) is 18.2 Å². The van der Waals surface area contributed by atoms with Crippen LogP contribution < -0.4 is 15.8 Å². The van der Waals surface area contributed by atoms with Gasteiger partial charge in [-0.25, -0.2) is 4.79 Å². The van der Waals surface area contributed by atoms with Crippen molar-refractivity contribution in [2.45, 2.75) is 19.6 Å². The minimum atomic E-state index is -0.600. The Hall–Kier alpha value is -3.88. The maximum Gasteiger partial charge on any atom is 0.411 e. The number of hydrogen-bond acceptors (Lipinski definition) is 6. The summed E-state index contributed by atoms with van der Waals surface area (Å²) in [7, 11) is 0. The van der Waals surface area contributed by atoms with E-state index in [0.717, 1.165) is 26.8 Å². The zero-order valence-electron chi connectivity index (χ0n) is 18.6. The second-order valence-corrected chi connectivity index (χ2v) is 8.82. The van der Waals surface area contributed by atoms with Crippen molar-refractivity contribution in [2.24, 2.45) is 5.73 Å². The Morgan fingerprint density at radius 2 is 1.91 bits per heavy atom. The molecule has 1 unspecified atom stereocenters. The van der Waals surface area contributed by atoms with Crippen LogP contribution in [-0.4, -0.2) is 23.6 Å². The number of hydrogen-bond donors (Lipinski definition) is 4. The summed E-state index contributed by atoms with van der Waals surface area (Å²) in [4.78, 5) is 13.2. The van der Waals surface area contributed by atoms with E-state index in [-0.39, 0.29) is 19.0 Å². The second-order valence-electron chi connectivity index (χ2n) is 7.74. The average molecular weight is 476 g/mol. The standard InChI is InChI=1S/C26H25N3O4S/c1-16-12-17(14-30)10-11-20(16)29-26(31)32-15-22(18-6-3-2-4-7-18)33-21-8-5-9-23-19(21)13-24(34-23)25(27)28/h2-13,22,30H,14-15H2,1H3,(H3,27,28)(H,29,31). The van der Waals surface area contributed by atoms with Gasteiger partial charge in [0.25, 0.3) is 0 Å². The van der Waals surface area contributed by atoms with Crippen molar-refractivity contribution in [3.63, 3.8) is 0 Å². The topological polar surface area (TPSA) is 118 Å². The molecule has 5 N–H and O–H groups in total. The summed E-state index contributed by atoms with van der Waals surface area (Å²) in [6.45, 7) is 1.78. The van der Waals surface area contributed by atoms with Gasteiger partial charge in [0.15, 0.2) is 6.10 Å². The number of nitrogens with two attached hydrogens (primary N) is 1. The fourth-order valence-electron chi connectivity index (χ4n) is 3.55. The van der Waals surface area contributed by atoms with Crippen LogP contribution in [0.5, 0.6) is 5.75 Å². The third kappa shape index (κ3) is 5.36. The summed E-state index contributed by atoms with van der Waals surface area (Å²) in [5, 5.41) is 20.6. The number of nitrogen functional groups attached to an aromatic ring is 1. The monoisotopic (exact) mass is 475 g/mol. The van der Waals surface area contributed by atoms with Crippen molar-refractivity contribution >= 4 is 39.0 Å². The molecule has 0 saturated carbocycles. The fraction of sp³-hybridized carbons (Fsp3) is 0.154. The number of thiophene rings is 1. The molecule has 8 heteroatoms. The number of amides is 1. The van der Waals surface area contributed by atoms with Crippen LogP contribution in [0.25, 0.3) is 10.1 Å². The SMILES string of the molecule is Cc1cc(CO)ccc1NC(=O)OCC(Oc1cccc2sc(C(=N)N)cc12)c1ccccc1. The first-order chi connectivity index (χ1) is 16.4. The third-order valence-electron chi connectivity index (χ3n) is 5.30. The van der Waals surface area contributed by atoms with Crippen molar-refractivity contribution in [3.05, 3.63) is 94.4 Å². The molecule has 1 heterocycles. The van der Waals surface area contributed by atoms with Crippen LogP contribution >= 0.6 is 11.3 Å². The highest BCUT2D eigenvalue weighted by atomic mass is 32.1. The van der Waals surface area contributed by atoms with Gasteiger partial charge in [0.05, 0.1) is 11.5 Å². The van der Waals surface area contributed by atoms with Gasteiger partial charge in [-0.05, 0) is 47.9 Å². The molecule has 1 aromatic heterocycles. The first-order valence-electron chi connectivity index (χ1n) is 10.7.